The van der Waals surface area contributed by atoms with E-state index in [0.717, 1.165) is 11.0 Å². The molecule has 1 unspecified atom stereocenters. The van der Waals surface area contributed by atoms with Gasteiger partial charge in [0.2, 0.25) is 0 Å². The zero-order valence-corrected chi connectivity index (χ0v) is 15.4. The molecular formula is C18H22BrNS. The van der Waals surface area contributed by atoms with Gasteiger partial charge in [0, 0.05) is 20.3 Å². The second kappa shape index (κ2) is 7.48. The Hall–Kier alpha value is -0.770. The van der Waals surface area contributed by atoms with E-state index in [0.29, 0.717) is 6.04 Å². The molecule has 0 aromatic heterocycles. The summed E-state index contributed by atoms with van der Waals surface area (Å²) in [6.07, 6.45) is 0. The Morgan fingerprint density at radius 1 is 1.10 bits per heavy atom. The van der Waals surface area contributed by atoms with Crippen molar-refractivity contribution in [3.63, 3.8) is 0 Å². The maximum absolute atomic E-state index is 3.59. The molecule has 2 rings (SSSR count). The lowest BCUT2D eigenvalue weighted by atomic mass is 10.1. The Labute approximate surface area is 140 Å². The molecule has 21 heavy (non-hydrogen) atoms. The molecule has 0 amide bonds. The molecule has 2 aromatic carbocycles. The zero-order valence-electron chi connectivity index (χ0n) is 13.0. The second-order valence-corrected chi connectivity index (χ2v) is 7.33. The Bertz CT molecular complexity index is 625. The highest BCUT2D eigenvalue weighted by atomic mass is 79.9. The van der Waals surface area contributed by atoms with Gasteiger partial charge in [-0.25, -0.2) is 0 Å². The molecule has 0 spiro atoms. The minimum atomic E-state index is 0.347. The van der Waals surface area contributed by atoms with Crippen LogP contribution in [0.2, 0.25) is 0 Å². The second-order valence-electron chi connectivity index (χ2n) is 5.33. The van der Waals surface area contributed by atoms with Gasteiger partial charge in [-0.05, 0) is 68.3 Å². The van der Waals surface area contributed by atoms with Crippen LogP contribution in [-0.2, 0) is 0 Å². The predicted molar refractivity (Wildman–Crippen MR) is 96.3 cm³/mol. The summed E-state index contributed by atoms with van der Waals surface area (Å²) < 4.78 is 1.13. The van der Waals surface area contributed by atoms with E-state index in [1.807, 2.05) is 11.8 Å². The van der Waals surface area contributed by atoms with Crippen LogP contribution in [-0.4, -0.2) is 6.54 Å². The summed E-state index contributed by atoms with van der Waals surface area (Å²) >= 11 is 5.45. The number of nitrogens with one attached hydrogen (secondary N) is 1. The van der Waals surface area contributed by atoms with Crippen LogP contribution < -0.4 is 5.32 Å². The first-order valence-electron chi connectivity index (χ1n) is 7.29. The predicted octanol–water partition coefficient (Wildman–Crippen LogP) is 5.89. The third-order valence-electron chi connectivity index (χ3n) is 3.51. The maximum atomic E-state index is 3.59. The number of halogens is 1. The summed E-state index contributed by atoms with van der Waals surface area (Å²) in [7, 11) is 0. The topological polar surface area (TPSA) is 12.0 Å². The third-order valence-corrected chi connectivity index (χ3v) is 5.26. The molecule has 0 aliphatic rings. The number of hydrogen-bond acceptors (Lipinski definition) is 2. The minimum Gasteiger partial charge on any atom is -0.310 e. The van der Waals surface area contributed by atoms with Crippen molar-refractivity contribution in [2.24, 2.45) is 0 Å². The standard InChI is InChI=1S/C18H22BrNS/c1-5-20-14(4)16-11-15(19)8-9-17(16)21-18-10-12(2)6-7-13(18)3/h6-11,14,20H,5H2,1-4H3. The molecule has 0 saturated heterocycles. The van der Waals surface area contributed by atoms with Gasteiger partial charge in [0.25, 0.3) is 0 Å². The quantitative estimate of drug-likeness (QED) is 0.710. The van der Waals surface area contributed by atoms with Gasteiger partial charge in [0.1, 0.15) is 0 Å². The molecule has 1 N–H and O–H groups in total. The van der Waals surface area contributed by atoms with E-state index in [4.69, 9.17) is 0 Å². The highest BCUT2D eigenvalue weighted by Crippen LogP contribution is 2.36. The van der Waals surface area contributed by atoms with Crippen LogP contribution in [0, 0.1) is 13.8 Å². The number of aryl methyl sites for hydroxylation is 2. The summed E-state index contributed by atoms with van der Waals surface area (Å²) in [6, 6.07) is 13.5. The summed E-state index contributed by atoms with van der Waals surface area (Å²) in [4.78, 5) is 2.66. The molecule has 3 heteroatoms. The number of rotatable bonds is 5. The van der Waals surface area contributed by atoms with Crippen molar-refractivity contribution in [2.45, 2.75) is 43.5 Å². The molecule has 0 aliphatic heterocycles. The van der Waals surface area contributed by atoms with E-state index in [1.54, 1.807) is 0 Å². The fourth-order valence-electron chi connectivity index (χ4n) is 2.30. The molecule has 1 nitrogen and oxygen atoms in total. The lowest BCUT2D eigenvalue weighted by Crippen LogP contribution is -2.18. The smallest absolute Gasteiger partial charge is 0.0303 e. The highest BCUT2D eigenvalue weighted by molar-refractivity contribution is 9.10. The van der Waals surface area contributed by atoms with Crippen molar-refractivity contribution in [1.82, 2.24) is 5.32 Å². The first-order valence-corrected chi connectivity index (χ1v) is 8.90. The lowest BCUT2D eigenvalue weighted by Gasteiger charge is -2.18. The zero-order chi connectivity index (χ0) is 15.4. The van der Waals surface area contributed by atoms with Crippen molar-refractivity contribution in [3.05, 3.63) is 57.6 Å². The molecule has 0 bridgehead atoms. The lowest BCUT2D eigenvalue weighted by molar-refractivity contribution is 0.589. The average molecular weight is 364 g/mol. The van der Waals surface area contributed by atoms with Gasteiger partial charge >= 0.3 is 0 Å². The van der Waals surface area contributed by atoms with Crippen LogP contribution in [0.4, 0.5) is 0 Å². The van der Waals surface area contributed by atoms with E-state index < -0.39 is 0 Å². The summed E-state index contributed by atoms with van der Waals surface area (Å²) in [6.45, 7) is 9.66. The molecule has 2 aromatic rings. The minimum absolute atomic E-state index is 0.347. The van der Waals surface area contributed by atoms with Gasteiger partial charge in [0.15, 0.2) is 0 Å². The van der Waals surface area contributed by atoms with Crippen molar-refractivity contribution in [1.29, 1.82) is 0 Å². The average Bonchev–Trinajstić information content (AvgIpc) is 2.45. The van der Waals surface area contributed by atoms with Crippen molar-refractivity contribution in [3.8, 4) is 0 Å². The Balaban J connectivity index is 2.37. The highest BCUT2D eigenvalue weighted by Gasteiger charge is 2.12. The maximum Gasteiger partial charge on any atom is 0.0303 e. The van der Waals surface area contributed by atoms with Crippen LogP contribution >= 0.6 is 27.7 Å². The molecular weight excluding hydrogens is 342 g/mol. The first kappa shape index (κ1) is 16.6. The number of hydrogen-bond donors (Lipinski definition) is 1. The van der Waals surface area contributed by atoms with Crippen molar-refractivity contribution >= 4 is 27.7 Å². The summed E-state index contributed by atoms with van der Waals surface area (Å²) in [5, 5.41) is 3.51. The van der Waals surface area contributed by atoms with Gasteiger partial charge < -0.3 is 5.32 Å². The SMILES string of the molecule is CCNC(C)c1cc(Br)ccc1Sc1cc(C)ccc1C. The van der Waals surface area contributed by atoms with Gasteiger partial charge in [-0.2, -0.15) is 0 Å². The Morgan fingerprint density at radius 2 is 1.86 bits per heavy atom. The van der Waals surface area contributed by atoms with Crippen molar-refractivity contribution < 1.29 is 0 Å². The van der Waals surface area contributed by atoms with E-state index in [2.05, 4.69) is 85.3 Å². The van der Waals surface area contributed by atoms with E-state index in [1.165, 1.54) is 26.5 Å². The van der Waals surface area contributed by atoms with E-state index >= 15 is 0 Å². The van der Waals surface area contributed by atoms with E-state index in [-0.39, 0.29) is 0 Å². The van der Waals surface area contributed by atoms with Crippen molar-refractivity contribution in [2.75, 3.05) is 6.54 Å². The number of benzene rings is 2. The molecule has 0 aliphatic carbocycles. The fourth-order valence-corrected chi connectivity index (χ4v) is 3.88. The van der Waals surface area contributed by atoms with Gasteiger partial charge in [-0.1, -0.05) is 46.7 Å². The largest absolute Gasteiger partial charge is 0.310 e. The first-order chi connectivity index (χ1) is 10.0. The van der Waals surface area contributed by atoms with Gasteiger partial charge in [-0.3, -0.25) is 0 Å². The molecule has 0 heterocycles. The van der Waals surface area contributed by atoms with Crippen LogP contribution in [0.25, 0.3) is 0 Å². The van der Waals surface area contributed by atoms with Gasteiger partial charge in [-0.15, -0.1) is 0 Å². The van der Waals surface area contributed by atoms with E-state index in [9.17, 15) is 0 Å². The molecule has 0 saturated carbocycles. The monoisotopic (exact) mass is 363 g/mol. The Morgan fingerprint density at radius 3 is 2.57 bits per heavy atom. The fraction of sp³-hybridized carbons (Fsp3) is 0.333. The Kier molecular flexibility index (Phi) is 5.91. The van der Waals surface area contributed by atoms with Crippen LogP contribution in [0.3, 0.4) is 0 Å². The molecule has 1 atom stereocenters. The molecule has 0 radical (unpaired) electrons. The third kappa shape index (κ3) is 4.35. The molecule has 112 valence electrons. The summed E-state index contributed by atoms with van der Waals surface area (Å²) in [5.41, 5.74) is 3.98. The summed E-state index contributed by atoms with van der Waals surface area (Å²) in [5.74, 6) is 0. The van der Waals surface area contributed by atoms with Crippen LogP contribution in [0.5, 0.6) is 0 Å². The molecule has 0 fully saturated rings. The normalized spacial score (nSPS) is 12.4. The van der Waals surface area contributed by atoms with Crippen LogP contribution in [0.15, 0.2) is 50.7 Å². The van der Waals surface area contributed by atoms with Gasteiger partial charge in [0.05, 0.1) is 0 Å². The van der Waals surface area contributed by atoms with Crippen LogP contribution in [0.1, 0.15) is 36.6 Å².